The van der Waals surface area contributed by atoms with Crippen LogP contribution in [0.3, 0.4) is 0 Å². The summed E-state index contributed by atoms with van der Waals surface area (Å²) < 4.78 is 6.00. The van der Waals surface area contributed by atoms with Gasteiger partial charge < -0.3 is 10.1 Å². The van der Waals surface area contributed by atoms with E-state index in [-0.39, 0.29) is 0 Å². The molecule has 1 aliphatic rings. The van der Waals surface area contributed by atoms with E-state index in [9.17, 15) is 0 Å². The predicted octanol–water partition coefficient (Wildman–Crippen LogP) is 9.03. The highest BCUT2D eigenvalue weighted by Crippen LogP contribution is 2.23. The third kappa shape index (κ3) is 16.9. The molecule has 1 heterocycles. The van der Waals surface area contributed by atoms with Crippen LogP contribution in [0.15, 0.2) is 118 Å². The largest absolute Gasteiger partial charge is 0.375 e. The molecule has 2 aromatic rings. The Hall–Kier alpha value is -2.36. The molecule has 0 aromatic heterocycles. The van der Waals surface area contributed by atoms with Crippen LogP contribution in [0.25, 0.3) is 0 Å². The molecule has 0 saturated carbocycles. The van der Waals surface area contributed by atoms with Gasteiger partial charge in [-0.3, -0.25) is 0 Å². The van der Waals surface area contributed by atoms with Crippen LogP contribution < -0.4 is 5.32 Å². The summed E-state index contributed by atoms with van der Waals surface area (Å²) in [7, 11) is 0. The fourth-order valence-corrected chi connectivity index (χ4v) is 3.99. The van der Waals surface area contributed by atoms with E-state index in [1.807, 2.05) is 60.7 Å². The van der Waals surface area contributed by atoms with E-state index in [1.165, 1.54) is 18.4 Å². The molecule has 1 fully saturated rings. The molecule has 4 heteroatoms. The Kier molecular flexibility index (Phi) is 21.4. The third-order valence-corrected chi connectivity index (χ3v) is 6.30. The molecule has 2 aromatic carbocycles. The standard InChI is InChI=1S/C19H28ClNO.C6H5Cl.C6H8.C2H4/c1-4-5-15-6-11-18(16-7-9-17(20)10-8-16)21-19(14(2)3)13-22-12-15;7-6-4-2-1-3-5-6;1-3-5-6-4-2;1-2/h4,7-10,14-15,18-19,21H,1,5-6,11-13H2,2-3H3;1-5H;3-6H,1-2H2;1-2H2/p+1/b;;6-5-;/t15-,18-,19?;;;/m0.../s1. The minimum Gasteiger partial charge on any atom is -0.375 e. The van der Waals surface area contributed by atoms with Crippen LogP contribution in [0.2, 0.25) is 10.0 Å². The molecule has 1 unspecified atom stereocenters. The highest BCUT2D eigenvalue weighted by atomic mass is 35.5. The molecule has 0 radical (unpaired) electrons. The lowest BCUT2D eigenvalue weighted by Crippen LogP contribution is -2.93. The highest BCUT2D eigenvalue weighted by molar-refractivity contribution is 6.30. The Morgan fingerprint density at radius 1 is 0.865 bits per heavy atom. The maximum atomic E-state index is 6.04. The van der Waals surface area contributed by atoms with Gasteiger partial charge in [-0.15, -0.1) is 19.7 Å². The molecule has 0 spiro atoms. The summed E-state index contributed by atoms with van der Waals surface area (Å²) in [4.78, 5) is 0. The van der Waals surface area contributed by atoms with Crippen molar-refractivity contribution in [3.05, 3.63) is 133 Å². The van der Waals surface area contributed by atoms with Crippen molar-refractivity contribution in [3.8, 4) is 0 Å². The molecule has 202 valence electrons. The van der Waals surface area contributed by atoms with Crippen molar-refractivity contribution in [1.82, 2.24) is 0 Å². The molecule has 2 nitrogen and oxygen atoms in total. The van der Waals surface area contributed by atoms with E-state index < -0.39 is 0 Å². The Morgan fingerprint density at radius 2 is 1.43 bits per heavy atom. The quantitative estimate of drug-likeness (QED) is 0.285. The molecule has 1 aliphatic heterocycles. The van der Waals surface area contributed by atoms with Gasteiger partial charge in [0.25, 0.3) is 0 Å². The molecule has 2 N–H and O–H groups in total. The highest BCUT2D eigenvalue weighted by Gasteiger charge is 2.27. The summed E-state index contributed by atoms with van der Waals surface area (Å²) in [5, 5.41) is 4.10. The summed E-state index contributed by atoms with van der Waals surface area (Å²) in [5.41, 5.74) is 1.37. The van der Waals surface area contributed by atoms with Crippen molar-refractivity contribution >= 4 is 23.2 Å². The normalized spacial score (nSPS) is 19.2. The minimum atomic E-state index is 0.485. The van der Waals surface area contributed by atoms with Crippen molar-refractivity contribution in [1.29, 1.82) is 0 Å². The van der Waals surface area contributed by atoms with E-state index in [2.05, 4.69) is 64.2 Å². The van der Waals surface area contributed by atoms with Crippen LogP contribution in [-0.4, -0.2) is 19.3 Å². The minimum absolute atomic E-state index is 0.485. The van der Waals surface area contributed by atoms with Gasteiger partial charge in [0.15, 0.2) is 0 Å². The molecule has 0 bridgehead atoms. The average Bonchev–Trinajstić information content (AvgIpc) is 3.01. The van der Waals surface area contributed by atoms with Gasteiger partial charge in [-0.25, -0.2) is 0 Å². The van der Waals surface area contributed by atoms with Gasteiger partial charge >= 0.3 is 0 Å². The number of allylic oxidation sites excluding steroid dienone is 5. The SMILES string of the molecule is C=C.C=C/C=C\C=C.C=CC[C@H]1CC[C@@H](c2ccc(Cl)cc2)[NH2+]C(C(C)C)COC1.Clc1ccccc1. The van der Waals surface area contributed by atoms with Crippen LogP contribution in [0.1, 0.15) is 44.7 Å². The van der Waals surface area contributed by atoms with Gasteiger partial charge in [0, 0.05) is 34.6 Å². The van der Waals surface area contributed by atoms with Crippen molar-refractivity contribution in [2.24, 2.45) is 11.8 Å². The Labute approximate surface area is 236 Å². The fraction of sp³-hybridized carbons (Fsp3) is 0.333. The summed E-state index contributed by atoms with van der Waals surface area (Å²) in [6.07, 6.45) is 12.5. The van der Waals surface area contributed by atoms with Gasteiger partial charge in [0.2, 0.25) is 0 Å². The first-order valence-corrected chi connectivity index (χ1v) is 13.6. The van der Waals surface area contributed by atoms with E-state index in [0.717, 1.165) is 29.7 Å². The Bertz CT molecular complexity index is 867. The van der Waals surface area contributed by atoms with Crippen LogP contribution in [0.5, 0.6) is 0 Å². The molecule has 0 aliphatic carbocycles. The molecule has 1 saturated heterocycles. The topological polar surface area (TPSA) is 25.8 Å². The van der Waals surface area contributed by atoms with Crippen LogP contribution in [0.4, 0.5) is 0 Å². The number of quaternary nitrogens is 1. The second-order valence-corrected chi connectivity index (χ2v) is 9.79. The number of halogens is 2. The molecular formula is C33H46Cl2NO+. The lowest BCUT2D eigenvalue weighted by atomic mass is 9.93. The monoisotopic (exact) mass is 542 g/mol. The summed E-state index contributed by atoms with van der Waals surface area (Å²) >= 11 is 11.6. The van der Waals surface area contributed by atoms with Gasteiger partial charge in [0.05, 0.1) is 6.61 Å². The average molecular weight is 544 g/mol. The van der Waals surface area contributed by atoms with Crippen molar-refractivity contribution in [2.75, 3.05) is 13.2 Å². The van der Waals surface area contributed by atoms with Gasteiger partial charge in [-0.2, -0.15) is 0 Å². The van der Waals surface area contributed by atoms with Crippen molar-refractivity contribution in [3.63, 3.8) is 0 Å². The summed E-state index contributed by atoms with van der Waals surface area (Å²) in [6, 6.07) is 18.8. The maximum Gasteiger partial charge on any atom is 0.112 e. The number of hydrogen-bond donors (Lipinski definition) is 1. The molecule has 37 heavy (non-hydrogen) atoms. The van der Waals surface area contributed by atoms with Gasteiger partial charge in [-0.1, -0.05) is 111 Å². The Balaban J connectivity index is 0.000000704. The zero-order valence-corrected chi connectivity index (χ0v) is 24.2. The number of benzene rings is 2. The number of hydrogen-bond acceptors (Lipinski definition) is 1. The first kappa shape index (κ1) is 34.6. The maximum absolute atomic E-state index is 6.04. The van der Waals surface area contributed by atoms with Crippen LogP contribution in [-0.2, 0) is 4.74 Å². The van der Waals surface area contributed by atoms with Crippen molar-refractivity contribution in [2.45, 2.75) is 45.2 Å². The fourth-order valence-electron chi connectivity index (χ4n) is 3.72. The lowest BCUT2D eigenvalue weighted by molar-refractivity contribution is -0.735. The predicted molar refractivity (Wildman–Crippen MR) is 165 cm³/mol. The first-order chi connectivity index (χ1) is 17.9. The first-order valence-electron chi connectivity index (χ1n) is 12.8. The van der Waals surface area contributed by atoms with Crippen LogP contribution >= 0.6 is 23.2 Å². The van der Waals surface area contributed by atoms with Gasteiger partial charge in [0.1, 0.15) is 12.1 Å². The van der Waals surface area contributed by atoms with E-state index in [1.54, 1.807) is 12.2 Å². The third-order valence-electron chi connectivity index (χ3n) is 5.80. The van der Waals surface area contributed by atoms with Gasteiger partial charge in [-0.05, 0) is 43.0 Å². The second kappa shape index (κ2) is 22.8. The zero-order chi connectivity index (χ0) is 27.9. The lowest BCUT2D eigenvalue weighted by Gasteiger charge is -2.24. The summed E-state index contributed by atoms with van der Waals surface area (Å²) in [6.45, 7) is 23.1. The van der Waals surface area contributed by atoms with E-state index >= 15 is 0 Å². The van der Waals surface area contributed by atoms with Crippen LogP contribution in [0, 0.1) is 11.8 Å². The molecule has 0 amide bonds. The summed E-state index contributed by atoms with van der Waals surface area (Å²) in [5.74, 6) is 1.19. The number of nitrogens with two attached hydrogens (primary N) is 1. The Morgan fingerprint density at radius 3 is 1.89 bits per heavy atom. The van der Waals surface area contributed by atoms with E-state index in [0.29, 0.717) is 23.9 Å². The zero-order valence-electron chi connectivity index (χ0n) is 22.7. The molecule has 3 rings (SSSR count). The number of rotatable bonds is 6. The smallest absolute Gasteiger partial charge is 0.112 e. The molecular weight excluding hydrogens is 497 g/mol. The van der Waals surface area contributed by atoms with Crippen molar-refractivity contribution < 1.29 is 10.1 Å². The number of ether oxygens (including phenoxy) is 1. The molecule has 3 atom stereocenters. The van der Waals surface area contributed by atoms with E-state index in [4.69, 9.17) is 27.9 Å². The second-order valence-electron chi connectivity index (χ2n) is 8.92.